The van der Waals surface area contributed by atoms with Crippen molar-refractivity contribution in [2.24, 2.45) is 0 Å². The molecule has 2 aromatic carbocycles. The second-order valence-electron chi connectivity index (χ2n) is 7.50. The summed E-state index contributed by atoms with van der Waals surface area (Å²) >= 11 is 6.26. The number of carbonyl (C=O) groups is 1. The number of allylic oxidation sites excluding steroid dienone is 1. The largest absolute Gasteiger partial charge is 0.490 e. The van der Waals surface area contributed by atoms with Gasteiger partial charge < -0.3 is 19.5 Å². The minimum atomic E-state index is -0.562. The smallest absolute Gasteiger partial charge is 0.338 e. The Morgan fingerprint density at radius 2 is 2.06 bits per heavy atom. The molecule has 1 unspecified atom stereocenters. The molecule has 8 nitrogen and oxygen atoms in total. The zero-order valence-electron chi connectivity index (χ0n) is 19.0. The van der Waals surface area contributed by atoms with Crippen LogP contribution in [0.1, 0.15) is 31.0 Å². The average Bonchev–Trinajstić information content (AvgIpc) is 3.30. The summed E-state index contributed by atoms with van der Waals surface area (Å²) in [5.74, 6) is 1.17. The summed E-state index contributed by atoms with van der Waals surface area (Å²) in [5, 5.41) is 8.09. The molecule has 0 saturated carbocycles. The fourth-order valence-corrected chi connectivity index (χ4v) is 3.92. The number of fused-ring (bicyclic) bond motifs is 1. The Bertz CT molecular complexity index is 1240. The first kappa shape index (κ1) is 23.4. The maximum Gasteiger partial charge on any atom is 0.338 e. The van der Waals surface area contributed by atoms with E-state index < -0.39 is 12.0 Å². The molecule has 2 heterocycles. The molecule has 9 heteroatoms. The van der Waals surface area contributed by atoms with Crippen molar-refractivity contribution in [1.82, 2.24) is 14.8 Å². The van der Waals surface area contributed by atoms with Crippen LogP contribution in [0.4, 0.5) is 5.95 Å². The number of aromatic nitrogens is 3. The maximum atomic E-state index is 13.0. The van der Waals surface area contributed by atoms with Crippen LogP contribution in [0.3, 0.4) is 0 Å². The fourth-order valence-electron chi connectivity index (χ4n) is 3.73. The van der Waals surface area contributed by atoms with Crippen LogP contribution in [0.25, 0.3) is 0 Å². The molecular formula is C25H25ClN4O4. The summed E-state index contributed by atoms with van der Waals surface area (Å²) in [6.07, 6.45) is 2.96. The topological polar surface area (TPSA) is 87.5 Å². The molecule has 0 fully saturated rings. The lowest BCUT2D eigenvalue weighted by atomic mass is 9.95. The minimum Gasteiger partial charge on any atom is -0.490 e. The number of nitrogens with one attached hydrogen (secondary N) is 1. The molecule has 0 spiro atoms. The molecule has 0 aliphatic carbocycles. The Labute approximate surface area is 202 Å². The number of carbonyl (C=O) groups excluding carboxylic acids is 1. The second kappa shape index (κ2) is 10.4. The van der Waals surface area contributed by atoms with Gasteiger partial charge in [-0.3, -0.25) is 0 Å². The number of nitrogens with zero attached hydrogens (tertiary/aromatic N) is 3. The number of rotatable bonds is 9. The van der Waals surface area contributed by atoms with Crippen molar-refractivity contribution in [3.8, 4) is 11.5 Å². The first-order valence-electron chi connectivity index (χ1n) is 10.8. The van der Waals surface area contributed by atoms with Crippen LogP contribution in [0.15, 0.2) is 72.7 Å². The molecule has 0 saturated heterocycles. The Morgan fingerprint density at radius 3 is 2.82 bits per heavy atom. The van der Waals surface area contributed by atoms with Crippen LogP contribution < -0.4 is 14.8 Å². The molecule has 1 N–H and O–H groups in total. The molecular weight excluding hydrogens is 456 g/mol. The third kappa shape index (κ3) is 4.77. The third-order valence-corrected chi connectivity index (χ3v) is 5.64. The van der Waals surface area contributed by atoms with Gasteiger partial charge >= 0.3 is 5.97 Å². The van der Waals surface area contributed by atoms with E-state index in [1.807, 2.05) is 49.4 Å². The van der Waals surface area contributed by atoms with Gasteiger partial charge in [-0.2, -0.15) is 10.1 Å². The summed E-state index contributed by atoms with van der Waals surface area (Å²) in [5.41, 5.74) is 2.70. The Hall–Kier alpha value is -3.78. The zero-order valence-corrected chi connectivity index (χ0v) is 19.7. The highest BCUT2D eigenvalue weighted by Crippen LogP contribution is 2.39. The number of halogens is 1. The lowest BCUT2D eigenvalue weighted by Gasteiger charge is -2.28. The first-order valence-corrected chi connectivity index (χ1v) is 11.2. The number of esters is 1. The quantitative estimate of drug-likeness (QED) is 0.343. The molecule has 34 heavy (non-hydrogen) atoms. The van der Waals surface area contributed by atoms with Crippen LogP contribution in [0.5, 0.6) is 11.5 Å². The number of hydrogen-bond acceptors (Lipinski definition) is 7. The fraction of sp³-hybridized carbons (Fsp3) is 0.240. The van der Waals surface area contributed by atoms with Gasteiger partial charge in [-0.05, 0) is 37.6 Å². The van der Waals surface area contributed by atoms with Crippen molar-refractivity contribution in [3.05, 3.63) is 88.9 Å². The van der Waals surface area contributed by atoms with Crippen molar-refractivity contribution in [2.45, 2.75) is 26.5 Å². The molecule has 0 radical (unpaired) electrons. The zero-order chi connectivity index (χ0) is 24.1. The van der Waals surface area contributed by atoms with E-state index in [1.165, 1.54) is 12.4 Å². The molecule has 0 amide bonds. The SMILES string of the molecule is C=CCOC(=O)C1=C(C)Nc2ncnn2C1c1ccc(OCc2ccccc2Cl)c(OCC)c1. The summed E-state index contributed by atoms with van der Waals surface area (Å²) in [6.45, 7) is 8.15. The highest BCUT2D eigenvalue weighted by molar-refractivity contribution is 6.31. The number of ether oxygens (including phenoxy) is 3. The number of benzene rings is 2. The Balaban J connectivity index is 1.70. The van der Waals surface area contributed by atoms with E-state index >= 15 is 0 Å². The van der Waals surface area contributed by atoms with Gasteiger partial charge in [-0.25, -0.2) is 9.48 Å². The van der Waals surface area contributed by atoms with E-state index in [-0.39, 0.29) is 13.2 Å². The van der Waals surface area contributed by atoms with Gasteiger partial charge in [0.2, 0.25) is 5.95 Å². The Morgan fingerprint density at radius 1 is 1.24 bits per heavy atom. The van der Waals surface area contributed by atoms with E-state index in [1.54, 1.807) is 11.6 Å². The van der Waals surface area contributed by atoms with Gasteiger partial charge in [0.15, 0.2) is 11.5 Å². The summed E-state index contributed by atoms with van der Waals surface area (Å²) < 4.78 is 18.9. The van der Waals surface area contributed by atoms with Gasteiger partial charge in [0.05, 0.1) is 12.2 Å². The third-order valence-electron chi connectivity index (χ3n) is 5.27. The summed E-state index contributed by atoms with van der Waals surface area (Å²) in [6, 6.07) is 12.5. The van der Waals surface area contributed by atoms with E-state index in [2.05, 4.69) is 22.0 Å². The van der Waals surface area contributed by atoms with E-state index in [0.29, 0.717) is 40.3 Å². The summed E-state index contributed by atoms with van der Waals surface area (Å²) in [4.78, 5) is 17.2. The lowest BCUT2D eigenvalue weighted by molar-refractivity contribution is -0.138. The van der Waals surface area contributed by atoms with Gasteiger partial charge in [0, 0.05) is 16.3 Å². The molecule has 4 rings (SSSR count). The van der Waals surface area contributed by atoms with Gasteiger partial charge in [-0.1, -0.05) is 48.5 Å². The van der Waals surface area contributed by atoms with Crippen molar-refractivity contribution >= 4 is 23.5 Å². The maximum absolute atomic E-state index is 13.0. The number of anilines is 1. The van der Waals surface area contributed by atoms with Crippen molar-refractivity contribution < 1.29 is 19.0 Å². The van der Waals surface area contributed by atoms with Gasteiger partial charge in [-0.15, -0.1) is 0 Å². The van der Waals surface area contributed by atoms with Crippen LogP contribution in [0, 0.1) is 0 Å². The van der Waals surface area contributed by atoms with Gasteiger partial charge in [0.25, 0.3) is 0 Å². The standard InChI is InChI=1S/C25H25ClN4O4/c1-4-12-33-24(31)22-16(3)29-25-27-15-28-30(25)23(22)17-10-11-20(21(13-17)32-5-2)34-14-18-8-6-7-9-19(18)26/h4,6-11,13,15,23H,1,5,12,14H2,2-3H3,(H,27,28,29). The molecule has 1 aliphatic rings. The van der Waals surface area contributed by atoms with Crippen molar-refractivity contribution in [3.63, 3.8) is 0 Å². The monoisotopic (exact) mass is 480 g/mol. The predicted molar refractivity (Wildman–Crippen MR) is 129 cm³/mol. The molecule has 1 aliphatic heterocycles. The van der Waals surface area contributed by atoms with Crippen molar-refractivity contribution in [1.29, 1.82) is 0 Å². The molecule has 1 aromatic heterocycles. The Kier molecular flexibility index (Phi) is 7.18. The molecule has 1 atom stereocenters. The lowest BCUT2D eigenvalue weighted by Crippen LogP contribution is -2.29. The van der Waals surface area contributed by atoms with Crippen LogP contribution in [0.2, 0.25) is 5.02 Å². The molecule has 3 aromatic rings. The van der Waals surface area contributed by atoms with Crippen molar-refractivity contribution in [2.75, 3.05) is 18.5 Å². The minimum absolute atomic E-state index is 0.103. The van der Waals surface area contributed by atoms with Crippen LogP contribution in [-0.2, 0) is 16.1 Å². The normalized spacial score (nSPS) is 14.7. The van der Waals surface area contributed by atoms with E-state index in [4.69, 9.17) is 25.8 Å². The first-order chi connectivity index (χ1) is 16.5. The molecule has 176 valence electrons. The second-order valence-corrected chi connectivity index (χ2v) is 7.91. The van der Waals surface area contributed by atoms with E-state index in [0.717, 1.165) is 11.1 Å². The molecule has 0 bridgehead atoms. The highest BCUT2D eigenvalue weighted by Gasteiger charge is 2.34. The number of hydrogen-bond donors (Lipinski definition) is 1. The van der Waals surface area contributed by atoms with Gasteiger partial charge in [0.1, 0.15) is 25.6 Å². The average molecular weight is 481 g/mol. The summed E-state index contributed by atoms with van der Waals surface area (Å²) in [7, 11) is 0. The van der Waals surface area contributed by atoms with E-state index in [9.17, 15) is 4.79 Å². The van der Waals surface area contributed by atoms with Crippen LogP contribution >= 0.6 is 11.6 Å². The predicted octanol–water partition coefficient (Wildman–Crippen LogP) is 4.93. The van der Waals surface area contributed by atoms with Crippen LogP contribution in [-0.4, -0.2) is 33.9 Å². The highest BCUT2D eigenvalue weighted by atomic mass is 35.5.